The van der Waals surface area contributed by atoms with Gasteiger partial charge in [0.05, 0.1) is 6.10 Å². The Morgan fingerprint density at radius 1 is 1.40 bits per heavy atom. The first-order valence-corrected chi connectivity index (χ1v) is 6.03. The lowest BCUT2D eigenvalue weighted by Gasteiger charge is -2.19. The van der Waals surface area contributed by atoms with Crippen molar-refractivity contribution >= 4 is 11.9 Å². The normalized spacial score (nSPS) is 15.2. The van der Waals surface area contributed by atoms with E-state index in [1.54, 1.807) is 6.07 Å². The van der Waals surface area contributed by atoms with E-state index in [9.17, 15) is 19.1 Å². The number of benzene rings is 1. The van der Waals surface area contributed by atoms with Crippen LogP contribution in [0.25, 0.3) is 0 Å². The fourth-order valence-electron chi connectivity index (χ4n) is 1.57. The summed E-state index contributed by atoms with van der Waals surface area (Å²) < 4.78 is 13.5. The maximum atomic E-state index is 13.5. The summed E-state index contributed by atoms with van der Waals surface area (Å²) in [5.41, 5.74) is 5.57. The number of hydrogen-bond acceptors (Lipinski definition) is 4. The quantitative estimate of drug-likeness (QED) is 0.570. The molecule has 0 saturated heterocycles. The third-order valence-electron chi connectivity index (χ3n) is 2.82. The van der Waals surface area contributed by atoms with Crippen molar-refractivity contribution in [1.29, 1.82) is 0 Å². The number of halogens is 1. The molecule has 0 aliphatic heterocycles. The molecule has 0 spiro atoms. The molecule has 0 saturated carbocycles. The molecule has 1 rings (SSSR count). The van der Waals surface area contributed by atoms with E-state index < -0.39 is 35.9 Å². The lowest BCUT2D eigenvalue weighted by atomic mass is 10.0. The Labute approximate surface area is 115 Å². The average molecular weight is 284 g/mol. The van der Waals surface area contributed by atoms with Crippen LogP contribution in [-0.2, 0) is 16.0 Å². The molecule has 3 atom stereocenters. The van der Waals surface area contributed by atoms with E-state index in [4.69, 9.17) is 10.8 Å². The van der Waals surface area contributed by atoms with Crippen molar-refractivity contribution in [3.8, 4) is 0 Å². The van der Waals surface area contributed by atoms with E-state index in [2.05, 4.69) is 5.32 Å². The molecule has 110 valence electrons. The smallest absolute Gasteiger partial charge is 0.326 e. The van der Waals surface area contributed by atoms with Crippen LogP contribution >= 0.6 is 0 Å². The van der Waals surface area contributed by atoms with Crippen LogP contribution in [-0.4, -0.2) is 40.3 Å². The van der Waals surface area contributed by atoms with E-state index >= 15 is 0 Å². The molecule has 1 aromatic carbocycles. The van der Waals surface area contributed by atoms with Crippen LogP contribution in [0.4, 0.5) is 4.39 Å². The number of amides is 1. The van der Waals surface area contributed by atoms with Crippen molar-refractivity contribution in [2.24, 2.45) is 5.73 Å². The van der Waals surface area contributed by atoms with Crippen LogP contribution in [0.3, 0.4) is 0 Å². The lowest BCUT2D eigenvalue weighted by molar-refractivity contribution is -0.142. The van der Waals surface area contributed by atoms with Gasteiger partial charge >= 0.3 is 5.97 Å². The van der Waals surface area contributed by atoms with Crippen LogP contribution < -0.4 is 11.1 Å². The monoisotopic (exact) mass is 284 g/mol. The van der Waals surface area contributed by atoms with Crippen LogP contribution in [0.15, 0.2) is 24.3 Å². The Morgan fingerprint density at radius 2 is 2.00 bits per heavy atom. The third kappa shape index (κ3) is 4.29. The summed E-state index contributed by atoms with van der Waals surface area (Å²) >= 11 is 0. The Kier molecular flexibility index (Phi) is 5.60. The molecule has 7 heteroatoms. The zero-order chi connectivity index (χ0) is 15.3. The molecule has 0 fully saturated rings. The summed E-state index contributed by atoms with van der Waals surface area (Å²) in [6.45, 7) is 1.32. The maximum Gasteiger partial charge on any atom is 0.326 e. The maximum absolute atomic E-state index is 13.5. The predicted octanol–water partition coefficient (Wildman–Crippen LogP) is -0.354. The van der Waals surface area contributed by atoms with Crippen molar-refractivity contribution in [2.75, 3.05) is 0 Å². The number of carboxylic acids is 1. The molecular formula is C13H17FN2O4. The topological polar surface area (TPSA) is 113 Å². The Morgan fingerprint density at radius 3 is 2.50 bits per heavy atom. The fraction of sp³-hybridized carbons (Fsp3) is 0.385. The second-order valence-corrected chi connectivity index (χ2v) is 4.46. The largest absolute Gasteiger partial charge is 0.480 e. The molecule has 5 N–H and O–H groups in total. The van der Waals surface area contributed by atoms with E-state index in [0.29, 0.717) is 0 Å². The number of carbonyl (C=O) groups excluding carboxylic acids is 1. The number of aliphatic carboxylic acids is 1. The van der Waals surface area contributed by atoms with Gasteiger partial charge in [0.25, 0.3) is 0 Å². The van der Waals surface area contributed by atoms with Crippen LogP contribution in [0.1, 0.15) is 12.5 Å². The minimum absolute atomic E-state index is 0.172. The third-order valence-corrected chi connectivity index (χ3v) is 2.82. The van der Waals surface area contributed by atoms with Crippen molar-refractivity contribution < 1.29 is 24.2 Å². The Bertz CT molecular complexity index is 493. The zero-order valence-electron chi connectivity index (χ0n) is 10.9. The second-order valence-electron chi connectivity index (χ2n) is 4.46. The highest BCUT2D eigenvalue weighted by atomic mass is 19.1. The summed E-state index contributed by atoms with van der Waals surface area (Å²) in [5.74, 6) is -2.66. The Hall–Kier alpha value is -1.99. The summed E-state index contributed by atoms with van der Waals surface area (Å²) in [7, 11) is 0. The molecule has 6 nitrogen and oxygen atoms in total. The molecule has 0 heterocycles. The van der Waals surface area contributed by atoms with Crippen LogP contribution in [0.2, 0.25) is 0 Å². The van der Waals surface area contributed by atoms with E-state index in [0.717, 1.165) is 0 Å². The summed E-state index contributed by atoms with van der Waals surface area (Å²) in [6, 6.07) is 3.14. The van der Waals surface area contributed by atoms with Crippen molar-refractivity contribution in [3.05, 3.63) is 35.6 Å². The van der Waals surface area contributed by atoms with Gasteiger partial charge in [-0.2, -0.15) is 0 Å². The summed E-state index contributed by atoms with van der Waals surface area (Å²) in [5, 5.41) is 20.4. The van der Waals surface area contributed by atoms with Gasteiger partial charge in [0.1, 0.15) is 17.9 Å². The number of carboxylic acid groups (broad SMARTS) is 1. The van der Waals surface area contributed by atoms with Crippen molar-refractivity contribution in [3.63, 3.8) is 0 Å². The standard InChI is InChI=1S/C13H17FN2O4/c1-7(17)11(15)12(18)16-10(13(19)20)6-8-4-2-3-5-9(8)14/h2-5,7,10-11,17H,6,15H2,1H3,(H,16,18)(H,19,20)/t7-,10-,11+/m0/s1. The Balaban J connectivity index is 2.79. The van der Waals surface area contributed by atoms with Crippen LogP contribution in [0.5, 0.6) is 0 Å². The lowest BCUT2D eigenvalue weighted by Crippen LogP contribution is -2.52. The van der Waals surface area contributed by atoms with Gasteiger partial charge in [-0.1, -0.05) is 18.2 Å². The first-order chi connectivity index (χ1) is 9.32. The highest BCUT2D eigenvalue weighted by molar-refractivity contribution is 5.87. The van der Waals surface area contributed by atoms with Crippen LogP contribution in [0, 0.1) is 5.82 Å². The summed E-state index contributed by atoms with van der Waals surface area (Å²) in [4.78, 5) is 22.7. The minimum atomic E-state index is -1.32. The number of hydrogen-bond donors (Lipinski definition) is 4. The number of nitrogens with one attached hydrogen (secondary N) is 1. The molecule has 0 bridgehead atoms. The van der Waals surface area contributed by atoms with Gasteiger partial charge in [-0.3, -0.25) is 4.79 Å². The predicted molar refractivity (Wildman–Crippen MR) is 69.3 cm³/mol. The van der Waals surface area contributed by atoms with Gasteiger partial charge in [0.15, 0.2) is 0 Å². The first-order valence-electron chi connectivity index (χ1n) is 6.03. The highest BCUT2D eigenvalue weighted by Crippen LogP contribution is 2.09. The van der Waals surface area contributed by atoms with Crippen molar-refractivity contribution in [2.45, 2.75) is 31.5 Å². The van der Waals surface area contributed by atoms with Crippen molar-refractivity contribution in [1.82, 2.24) is 5.32 Å². The van der Waals surface area contributed by atoms with E-state index in [-0.39, 0.29) is 12.0 Å². The van der Waals surface area contributed by atoms with Gasteiger partial charge in [-0.15, -0.1) is 0 Å². The van der Waals surface area contributed by atoms with Gasteiger partial charge in [0.2, 0.25) is 5.91 Å². The molecular weight excluding hydrogens is 267 g/mol. The summed E-state index contributed by atoms with van der Waals surface area (Å²) in [6.07, 6.45) is -1.32. The molecule has 20 heavy (non-hydrogen) atoms. The van der Waals surface area contributed by atoms with E-state index in [1.165, 1.54) is 25.1 Å². The molecule has 1 aromatic rings. The minimum Gasteiger partial charge on any atom is -0.480 e. The molecule has 0 aromatic heterocycles. The zero-order valence-corrected chi connectivity index (χ0v) is 10.9. The number of carbonyl (C=O) groups is 2. The SMILES string of the molecule is C[C@H](O)[C@@H](N)C(=O)N[C@@H](Cc1ccccc1F)C(=O)O. The highest BCUT2D eigenvalue weighted by Gasteiger charge is 2.26. The van der Waals surface area contributed by atoms with E-state index in [1.807, 2.05) is 0 Å². The van der Waals surface area contributed by atoms with Gasteiger partial charge in [0, 0.05) is 6.42 Å². The van der Waals surface area contributed by atoms with Gasteiger partial charge in [-0.05, 0) is 18.6 Å². The fourth-order valence-corrected chi connectivity index (χ4v) is 1.57. The second kappa shape index (κ2) is 6.97. The molecule has 1 amide bonds. The number of nitrogens with two attached hydrogens (primary N) is 1. The van der Waals surface area contributed by atoms with Gasteiger partial charge < -0.3 is 21.3 Å². The molecule has 0 unspecified atom stereocenters. The average Bonchev–Trinajstić information content (AvgIpc) is 2.38. The number of rotatable bonds is 6. The van der Waals surface area contributed by atoms with Gasteiger partial charge in [-0.25, -0.2) is 9.18 Å². The molecule has 0 aliphatic carbocycles. The first kappa shape index (κ1) is 16.1. The number of aliphatic hydroxyl groups excluding tert-OH is 1. The number of aliphatic hydroxyl groups is 1. The molecule has 0 aliphatic rings. The molecule has 0 radical (unpaired) electrons.